The van der Waals surface area contributed by atoms with E-state index < -0.39 is 0 Å². The number of hydrogen-bond donors (Lipinski definition) is 1. The molecule has 0 aliphatic heterocycles. The first-order chi connectivity index (χ1) is 6.77. The van der Waals surface area contributed by atoms with Crippen molar-refractivity contribution in [1.82, 2.24) is 0 Å². The largest absolute Gasteiger partial charge is 0.399 e. The van der Waals surface area contributed by atoms with Gasteiger partial charge >= 0.3 is 0 Å². The van der Waals surface area contributed by atoms with E-state index in [2.05, 4.69) is 17.8 Å². The lowest BCUT2D eigenvalue weighted by Crippen LogP contribution is -2.02. The van der Waals surface area contributed by atoms with Crippen LogP contribution in [0.2, 0.25) is 0 Å². The second-order valence-electron chi connectivity index (χ2n) is 2.70. The van der Waals surface area contributed by atoms with Gasteiger partial charge in [0.1, 0.15) is 12.9 Å². The van der Waals surface area contributed by atoms with Crippen molar-refractivity contribution in [2.24, 2.45) is 5.16 Å². The molecule has 4 heteroatoms. The second-order valence-corrected chi connectivity index (χ2v) is 3.15. The molecular formula is C10H12FNOS. The number of nitrogens with zero attached hydrogens (tertiary/aromatic N) is 1. The maximum absolute atomic E-state index is 12.6. The lowest BCUT2D eigenvalue weighted by Gasteiger charge is -2.03. The smallest absolute Gasteiger partial charge is 0.123 e. The summed E-state index contributed by atoms with van der Waals surface area (Å²) < 4.78 is 12.6. The predicted molar refractivity (Wildman–Crippen MR) is 58.4 cm³/mol. The molecule has 0 saturated heterocycles. The summed E-state index contributed by atoms with van der Waals surface area (Å²) in [6.45, 7) is 0. The van der Waals surface area contributed by atoms with E-state index in [4.69, 9.17) is 4.84 Å². The molecule has 0 heterocycles. The monoisotopic (exact) mass is 213 g/mol. The molecule has 1 aromatic rings. The number of thiol groups is 1. The second kappa shape index (κ2) is 5.65. The van der Waals surface area contributed by atoms with Gasteiger partial charge in [-0.05, 0) is 23.4 Å². The molecule has 0 radical (unpaired) electrons. The van der Waals surface area contributed by atoms with Crippen LogP contribution in [0.4, 0.5) is 4.39 Å². The number of oxime groups is 1. The minimum Gasteiger partial charge on any atom is -0.399 e. The van der Waals surface area contributed by atoms with E-state index in [0.717, 1.165) is 11.3 Å². The van der Waals surface area contributed by atoms with Gasteiger partial charge in [0.15, 0.2) is 0 Å². The Hall–Kier alpha value is -1.03. The van der Waals surface area contributed by atoms with Gasteiger partial charge in [-0.15, -0.1) is 0 Å². The normalized spacial score (nSPS) is 11.5. The van der Waals surface area contributed by atoms with Crippen LogP contribution in [0.1, 0.15) is 12.0 Å². The number of rotatable bonds is 4. The minimum atomic E-state index is -0.253. The van der Waals surface area contributed by atoms with Crippen molar-refractivity contribution in [1.29, 1.82) is 0 Å². The highest BCUT2D eigenvalue weighted by molar-refractivity contribution is 7.80. The van der Waals surface area contributed by atoms with Crippen LogP contribution in [0.5, 0.6) is 0 Å². The van der Waals surface area contributed by atoms with Crippen LogP contribution in [-0.4, -0.2) is 18.6 Å². The lowest BCUT2D eigenvalue weighted by atomic mass is 10.1. The molecule has 0 aliphatic carbocycles. The van der Waals surface area contributed by atoms with Crippen molar-refractivity contribution in [3.05, 3.63) is 35.6 Å². The Balaban J connectivity index is 2.88. The molecule has 0 atom stereocenters. The van der Waals surface area contributed by atoms with E-state index in [9.17, 15) is 4.39 Å². The predicted octanol–water partition coefficient (Wildman–Crippen LogP) is 2.50. The first kappa shape index (κ1) is 11.0. The quantitative estimate of drug-likeness (QED) is 0.463. The average molecular weight is 213 g/mol. The van der Waals surface area contributed by atoms with Gasteiger partial charge in [0.05, 0.1) is 5.71 Å². The van der Waals surface area contributed by atoms with E-state index in [0.29, 0.717) is 12.2 Å². The maximum Gasteiger partial charge on any atom is 0.123 e. The topological polar surface area (TPSA) is 21.6 Å². The number of hydrogen-bond acceptors (Lipinski definition) is 3. The Morgan fingerprint density at radius 2 is 2.07 bits per heavy atom. The highest BCUT2D eigenvalue weighted by Gasteiger charge is 2.03. The molecule has 0 unspecified atom stereocenters. The van der Waals surface area contributed by atoms with E-state index in [1.165, 1.54) is 19.2 Å². The molecule has 0 spiro atoms. The van der Waals surface area contributed by atoms with Crippen LogP contribution in [0.3, 0.4) is 0 Å². The molecule has 76 valence electrons. The molecule has 2 nitrogen and oxygen atoms in total. The Labute approximate surface area is 88.2 Å². The van der Waals surface area contributed by atoms with Crippen molar-refractivity contribution in [3.63, 3.8) is 0 Å². The lowest BCUT2D eigenvalue weighted by molar-refractivity contribution is 0.213. The zero-order valence-electron chi connectivity index (χ0n) is 7.90. The molecule has 0 saturated carbocycles. The van der Waals surface area contributed by atoms with Gasteiger partial charge < -0.3 is 4.84 Å². The number of benzene rings is 1. The summed E-state index contributed by atoms with van der Waals surface area (Å²) in [7, 11) is 1.49. The molecular weight excluding hydrogens is 201 g/mol. The third-order valence-electron chi connectivity index (χ3n) is 1.73. The van der Waals surface area contributed by atoms with Crippen molar-refractivity contribution >= 4 is 18.3 Å². The zero-order chi connectivity index (χ0) is 10.4. The van der Waals surface area contributed by atoms with Crippen LogP contribution in [-0.2, 0) is 4.84 Å². The van der Waals surface area contributed by atoms with Gasteiger partial charge in [-0.3, -0.25) is 0 Å². The first-order valence-electron chi connectivity index (χ1n) is 4.24. The minimum absolute atomic E-state index is 0.253. The molecule has 0 bridgehead atoms. The average Bonchev–Trinajstić information content (AvgIpc) is 2.19. The van der Waals surface area contributed by atoms with Crippen molar-refractivity contribution < 1.29 is 9.23 Å². The van der Waals surface area contributed by atoms with Gasteiger partial charge in [0, 0.05) is 6.42 Å². The highest BCUT2D eigenvalue weighted by atomic mass is 32.1. The molecule has 0 fully saturated rings. The van der Waals surface area contributed by atoms with Crippen LogP contribution < -0.4 is 0 Å². The van der Waals surface area contributed by atoms with Gasteiger partial charge in [0.2, 0.25) is 0 Å². The van der Waals surface area contributed by atoms with Crippen LogP contribution in [0.25, 0.3) is 0 Å². The third-order valence-corrected chi connectivity index (χ3v) is 1.95. The van der Waals surface area contributed by atoms with Crippen LogP contribution in [0.15, 0.2) is 29.4 Å². The van der Waals surface area contributed by atoms with E-state index in [1.807, 2.05) is 0 Å². The van der Waals surface area contributed by atoms with E-state index in [1.54, 1.807) is 12.1 Å². The highest BCUT2D eigenvalue weighted by Crippen LogP contribution is 2.07. The molecule has 0 aromatic heterocycles. The summed E-state index contributed by atoms with van der Waals surface area (Å²) in [5.74, 6) is 0.427. The molecule has 0 aliphatic rings. The molecule has 14 heavy (non-hydrogen) atoms. The van der Waals surface area contributed by atoms with Crippen molar-refractivity contribution in [2.75, 3.05) is 12.9 Å². The summed E-state index contributed by atoms with van der Waals surface area (Å²) in [5.41, 5.74) is 1.64. The fourth-order valence-corrected chi connectivity index (χ4v) is 1.31. The maximum atomic E-state index is 12.6. The SMILES string of the molecule is CO/N=C(/CCS)c1ccc(F)cc1. The van der Waals surface area contributed by atoms with Gasteiger partial charge in [-0.1, -0.05) is 17.3 Å². The first-order valence-corrected chi connectivity index (χ1v) is 4.88. The van der Waals surface area contributed by atoms with Crippen molar-refractivity contribution in [3.8, 4) is 0 Å². The molecule has 0 N–H and O–H groups in total. The summed E-state index contributed by atoms with van der Waals surface area (Å²) in [6.07, 6.45) is 0.697. The Bertz CT molecular complexity index is 310. The summed E-state index contributed by atoms with van der Waals surface area (Å²) in [5, 5.41) is 3.86. The van der Waals surface area contributed by atoms with E-state index in [-0.39, 0.29) is 5.82 Å². The fourth-order valence-electron chi connectivity index (χ4n) is 1.10. The van der Waals surface area contributed by atoms with Gasteiger partial charge in [-0.25, -0.2) is 4.39 Å². The van der Waals surface area contributed by atoms with Crippen LogP contribution in [0, 0.1) is 5.82 Å². The Kier molecular flexibility index (Phi) is 4.46. The number of halogens is 1. The van der Waals surface area contributed by atoms with Crippen molar-refractivity contribution in [2.45, 2.75) is 6.42 Å². The zero-order valence-corrected chi connectivity index (χ0v) is 8.80. The third kappa shape index (κ3) is 3.03. The fraction of sp³-hybridized carbons (Fsp3) is 0.300. The summed E-state index contributed by atoms with van der Waals surface area (Å²) in [4.78, 5) is 4.70. The molecule has 0 amide bonds. The summed E-state index contributed by atoms with van der Waals surface area (Å²) in [6, 6.07) is 6.16. The van der Waals surface area contributed by atoms with E-state index >= 15 is 0 Å². The van der Waals surface area contributed by atoms with Crippen LogP contribution >= 0.6 is 12.6 Å². The Morgan fingerprint density at radius 1 is 1.43 bits per heavy atom. The molecule has 1 rings (SSSR count). The van der Waals surface area contributed by atoms with Gasteiger partial charge in [-0.2, -0.15) is 12.6 Å². The Morgan fingerprint density at radius 3 is 2.57 bits per heavy atom. The standard InChI is InChI=1S/C10H12FNOS/c1-13-12-10(6-7-14)8-2-4-9(11)5-3-8/h2-5,14H,6-7H2,1H3/b12-10-. The van der Waals surface area contributed by atoms with Gasteiger partial charge in [0.25, 0.3) is 0 Å². The summed E-state index contributed by atoms with van der Waals surface area (Å²) >= 11 is 4.11. The molecule has 1 aromatic carbocycles.